The Morgan fingerprint density at radius 2 is 1.91 bits per heavy atom. The molecule has 0 bridgehead atoms. The van der Waals surface area contributed by atoms with E-state index in [2.05, 4.69) is 12.8 Å². The Labute approximate surface area is 93.3 Å². The fourth-order valence-electron chi connectivity index (χ4n) is 0.283. The van der Waals surface area contributed by atoms with Crippen LogP contribution in [0, 0.1) is 42.8 Å². The monoisotopic (exact) mass is 377 g/mol. The van der Waals surface area contributed by atoms with Crippen LogP contribution in [0.2, 0.25) is 0 Å². The van der Waals surface area contributed by atoms with Crippen LogP contribution in [0.15, 0.2) is 18.4 Å². The fourth-order valence-corrected chi connectivity index (χ4v) is 0.283. The van der Waals surface area contributed by atoms with Crippen molar-refractivity contribution in [3.8, 4) is 0 Å². The first-order valence-electron chi connectivity index (χ1n) is 3.38. The van der Waals surface area contributed by atoms with Gasteiger partial charge in [0.2, 0.25) is 0 Å². The molecule has 0 saturated carbocycles. The van der Waals surface area contributed by atoms with Crippen LogP contribution in [-0.4, -0.2) is 0 Å². The molecule has 0 amide bonds. The normalized spacial score (nSPS) is 10.9. The first kappa shape index (κ1) is 13.9. The van der Waals surface area contributed by atoms with E-state index in [1.165, 1.54) is 0 Å². The second-order valence-corrected chi connectivity index (χ2v) is 3.18. The number of hydrogen-bond acceptors (Lipinski definition) is 1. The van der Waals surface area contributed by atoms with Gasteiger partial charge in [-0.3, -0.25) is 0 Å². The molecule has 0 aliphatic heterocycles. The maximum atomic E-state index is 5.06. The molecule has 0 rings (SSSR count). The average Bonchev–Trinajstić information content (AvgIpc) is 1.80. The molecule has 0 heterocycles. The molecule has 1 nitrogen and oxygen atoms in total. The van der Waals surface area contributed by atoms with E-state index in [0.29, 0.717) is 0 Å². The van der Waals surface area contributed by atoms with Crippen LogP contribution in [0.1, 0.15) is 27.7 Å². The summed E-state index contributed by atoms with van der Waals surface area (Å²) in [6.07, 6.45) is 4.35. The van der Waals surface area contributed by atoms with Gasteiger partial charge in [-0.25, -0.2) is 0 Å². The third kappa shape index (κ3) is 6.72. The van der Waals surface area contributed by atoms with Crippen LogP contribution in [0.4, 0.5) is 0 Å². The van der Waals surface area contributed by atoms with Crippen molar-refractivity contribution in [1.29, 1.82) is 0 Å². The van der Waals surface area contributed by atoms with Gasteiger partial charge in [-0.2, -0.15) is 0 Å². The first-order chi connectivity index (χ1) is 4.48. The smallest absolute Gasteiger partial charge is 0 e. The van der Waals surface area contributed by atoms with Crippen LogP contribution in [0.25, 0.3) is 0 Å². The van der Waals surface area contributed by atoms with Crippen molar-refractivity contribution in [2.45, 2.75) is 27.7 Å². The Bertz CT molecular complexity index is 142. The minimum Gasteiger partial charge on any atom is -0.645 e. The van der Waals surface area contributed by atoms with Crippen molar-refractivity contribution in [2.75, 3.05) is 0 Å². The Morgan fingerprint density at radius 1 is 1.45 bits per heavy atom. The van der Waals surface area contributed by atoms with Gasteiger partial charge < -0.3 is 4.74 Å². The molecule has 0 saturated heterocycles. The molecule has 0 aliphatic carbocycles. The summed E-state index contributed by atoms with van der Waals surface area (Å²) >= 11 is 0. The van der Waals surface area contributed by atoms with Gasteiger partial charge in [-0.15, -0.1) is 12.7 Å². The van der Waals surface area contributed by atoms with Crippen molar-refractivity contribution in [3.05, 3.63) is 24.7 Å². The molecule has 0 aromatic carbocycles. The van der Waals surface area contributed by atoms with Gasteiger partial charge in [0.15, 0.2) is 0 Å². The van der Waals surface area contributed by atoms with Gasteiger partial charge in [0.1, 0.15) is 0 Å². The zero-order chi connectivity index (χ0) is 8.20. The van der Waals surface area contributed by atoms with Gasteiger partial charge in [0, 0.05) is 31.1 Å². The Kier molecular flexibility index (Phi) is 7.47. The summed E-state index contributed by atoms with van der Waals surface area (Å²) in [6, 6.07) is 0. The molecule has 2 heteroatoms. The van der Waals surface area contributed by atoms with Crippen molar-refractivity contribution in [2.24, 2.45) is 5.41 Å². The zero-order valence-corrected chi connectivity index (χ0v) is 11.9. The largest absolute Gasteiger partial charge is 0.645 e. The Balaban J connectivity index is 0. The Morgan fingerprint density at radius 3 is 2.18 bits per heavy atom. The van der Waals surface area contributed by atoms with Crippen LogP contribution in [-0.2, 0) is 4.74 Å². The molecule has 11 heavy (non-hydrogen) atoms. The van der Waals surface area contributed by atoms with Gasteiger partial charge >= 0.3 is 0 Å². The van der Waals surface area contributed by atoms with Gasteiger partial charge in [-0.05, 0) is 5.41 Å². The zero-order valence-electron chi connectivity index (χ0n) is 7.69. The molecular formula is C9H15OU-. The summed E-state index contributed by atoms with van der Waals surface area (Å²) < 4.78 is 5.06. The van der Waals surface area contributed by atoms with Crippen molar-refractivity contribution >= 4 is 0 Å². The van der Waals surface area contributed by atoms with Crippen LogP contribution < -0.4 is 0 Å². The fraction of sp³-hybridized carbons (Fsp3) is 0.556. The molecule has 62 valence electrons. The van der Waals surface area contributed by atoms with Crippen LogP contribution >= 0.6 is 0 Å². The molecule has 0 aromatic rings. The standard InChI is InChI=1S/C9H15O.U/c1-6-7-10-8(2)9(3,4)5;/h6H,2H2,1,3-5H3;/q-1;. The predicted molar refractivity (Wildman–Crippen MR) is 43.2 cm³/mol. The molecule has 0 fully saturated rings. The summed E-state index contributed by atoms with van der Waals surface area (Å²) in [5, 5.41) is 0. The molecule has 0 unspecified atom stereocenters. The molecule has 0 N–H and O–H groups in total. The topological polar surface area (TPSA) is 9.23 Å². The molecule has 0 atom stereocenters. The summed E-state index contributed by atoms with van der Waals surface area (Å²) in [5.41, 5.74) is 0.00993. The summed E-state index contributed by atoms with van der Waals surface area (Å²) in [5.74, 6) is 0.741. The van der Waals surface area contributed by atoms with Crippen molar-refractivity contribution in [1.82, 2.24) is 0 Å². The van der Waals surface area contributed by atoms with E-state index in [1.54, 1.807) is 6.08 Å². The molecule has 0 aromatic heterocycles. The van der Waals surface area contributed by atoms with Crippen LogP contribution in [0.5, 0.6) is 0 Å². The van der Waals surface area contributed by atoms with Crippen LogP contribution in [0.3, 0.4) is 0 Å². The SMILES string of the molecule is C=C(O[C-]=CC)C(C)(C)C.[U]. The Hall–Kier alpha value is 0.332. The van der Waals surface area contributed by atoms with E-state index in [-0.39, 0.29) is 36.5 Å². The molecule has 0 spiro atoms. The molecular weight excluding hydrogens is 362 g/mol. The second-order valence-electron chi connectivity index (χ2n) is 3.18. The number of ether oxygens (including phenoxy) is 1. The van der Waals surface area contributed by atoms with Gasteiger partial charge in [-0.1, -0.05) is 39.7 Å². The third-order valence-corrected chi connectivity index (χ3v) is 1.14. The molecule has 0 radical (unpaired) electrons. The maximum Gasteiger partial charge on any atom is 0 e. The third-order valence-electron chi connectivity index (χ3n) is 1.14. The van der Waals surface area contributed by atoms with E-state index in [0.717, 1.165) is 5.76 Å². The van der Waals surface area contributed by atoms with Crippen molar-refractivity contribution in [3.63, 3.8) is 0 Å². The van der Waals surface area contributed by atoms with E-state index in [4.69, 9.17) is 4.74 Å². The average molecular weight is 377 g/mol. The minimum absolute atomic E-state index is 0. The second kappa shape index (κ2) is 5.92. The van der Waals surface area contributed by atoms with Crippen molar-refractivity contribution < 1.29 is 35.9 Å². The quantitative estimate of drug-likeness (QED) is 0.531. The maximum absolute atomic E-state index is 5.06. The van der Waals surface area contributed by atoms with Gasteiger partial charge in [0.05, 0.1) is 0 Å². The summed E-state index contributed by atoms with van der Waals surface area (Å²) in [6.45, 7) is 11.8. The minimum atomic E-state index is 0. The number of rotatable bonds is 2. The summed E-state index contributed by atoms with van der Waals surface area (Å²) in [4.78, 5) is 0. The predicted octanol–water partition coefficient (Wildman–Crippen LogP) is 2.90. The summed E-state index contributed by atoms with van der Waals surface area (Å²) in [7, 11) is 0. The van der Waals surface area contributed by atoms with E-state index in [1.807, 2.05) is 27.7 Å². The number of hydrogen-bond donors (Lipinski definition) is 0. The number of allylic oxidation sites excluding steroid dienone is 2. The molecule has 0 aliphatic rings. The van der Waals surface area contributed by atoms with E-state index >= 15 is 0 Å². The van der Waals surface area contributed by atoms with Gasteiger partial charge in [0.25, 0.3) is 0 Å². The van der Waals surface area contributed by atoms with E-state index in [9.17, 15) is 0 Å². The van der Waals surface area contributed by atoms with E-state index < -0.39 is 0 Å². The first-order valence-corrected chi connectivity index (χ1v) is 3.38.